The summed E-state index contributed by atoms with van der Waals surface area (Å²) < 4.78 is 0.967. The van der Waals surface area contributed by atoms with Crippen LogP contribution in [-0.2, 0) is 11.9 Å². The number of amides is 1. The molecule has 1 N–H and O–H groups in total. The molecule has 1 amide bonds. The lowest BCUT2D eigenvalue weighted by atomic mass is 10.1. The second-order valence-corrected chi connectivity index (χ2v) is 6.76. The van der Waals surface area contributed by atoms with Gasteiger partial charge in [0.2, 0.25) is 0 Å². The van der Waals surface area contributed by atoms with E-state index in [0.29, 0.717) is 6.54 Å². The Hall–Kier alpha value is -0.650. The average molecular weight is 389 g/mol. The normalized spacial score (nSPS) is 10.3. The lowest BCUT2D eigenvalue weighted by molar-refractivity contribution is 0.0955. The first kappa shape index (κ1) is 13.8. The average Bonchev–Trinajstić information content (AvgIpc) is 2.83. The van der Waals surface area contributed by atoms with Gasteiger partial charge in [0.25, 0.3) is 5.91 Å². The van der Waals surface area contributed by atoms with Crippen molar-refractivity contribution in [3.05, 3.63) is 56.2 Å². The Balaban J connectivity index is 1.97. The molecule has 0 aliphatic heterocycles. The molecule has 0 saturated carbocycles. The van der Waals surface area contributed by atoms with Crippen LogP contribution in [0.15, 0.2) is 40.2 Å². The number of rotatable bonds is 4. The van der Waals surface area contributed by atoms with E-state index in [1.807, 2.05) is 24.3 Å². The molecule has 0 radical (unpaired) electrons. The van der Waals surface area contributed by atoms with E-state index in [0.717, 1.165) is 19.6 Å². The maximum atomic E-state index is 11.9. The lowest BCUT2D eigenvalue weighted by Gasteiger charge is -2.05. The van der Waals surface area contributed by atoms with Gasteiger partial charge in [-0.2, -0.15) is 0 Å². The molecule has 0 atom stereocenters. The van der Waals surface area contributed by atoms with Crippen LogP contribution in [-0.4, -0.2) is 5.91 Å². The lowest BCUT2D eigenvalue weighted by Crippen LogP contribution is -2.21. The number of thiophene rings is 1. The van der Waals surface area contributed by atoms with E-state index in [1.54, 1.807) is 0 Å². The highest BCUT2D eigenvalue weighted by molar-refractivity contribution is 9.11. The minimum absolute atomic E-state index is 0.0325. The summed E-state index contributed by atoms with van der Waals surface area (Å²) in [6, 6.07) is 11.8. The van der Waals surface area contributed by atoms with Gasteiger partial charge in [-0.1, -0.05) is 40.2 Å². The second kappa shape index (κ2) is 6.50. The molecular formula is C13H11Br2NOS. The SMILES string of the molecule is O=C(NCc1cccc(CBr)c1)c1ccc(Br)s1. The first-order valence-electron chi connectivity index (χ1n) is 5.36. The van der Waals surface area contributed by atoms with Crippen molar-refractivity contribution in [3.8, 4) is 0 Å². The molecule has 18 heavy (non-hydrogen) atoms. The smallest absolute Gasteiger partial charge is 0.261 e. The van der Waals surface area contributed by atoms with Crippen LogP contribution in [0, 0.1) is 0 Å². The summed E-state index contributed by atoms with van der Waals surface area (Å²) in [5.74, 6) is -0.0325. The maximum absolute atomic E-state index is 11.9. The summed E-state index contributed by atoms with van der Waals surface area (Å²) in [5.41, 5.74) is 2.32. The highest BCUT2D eigenvalue weighted by atomic mass is 79.9. The Morgan fingerprint density at radius 1 is 1.22 bits per heavy atom. The molecule has 0 fully saturated rings. The molecule has 2 rings (SSSR count). The fourth-order valence-electron chi connectivity index (χ4n) is 1.53. The summed E-state index contributed by atoms with van der Waals surface area (Å²) in [6.07, 6.45) is 0. The molecule has 0 aliphatic carbocycles. The number of carbonyl (C=O) groups is 1. The van der Waals surface area contributed by atoms with Crippen LogP contribution in [0.3, 0.4) is 0 Å². The minimum Gasteiger partial charge on any atom is -0.347 e. The summed E-state index contributed by atoms with van der Waals surface area (Å²) in [7, 11) is 0. The maximum Gasteiger partial charge on any atom is 0.261 e. The first-order valence-corrected chi connectivity index (χ1v) is 8.09. The van der Waals surface area contributed by atoms with Crippen LogP contribution in [0.25, 0.3) is 0 Å². The molecule has 0 unspecified atom stereocenters. The van der Waals surface area contributed by atoms with Crippen LogP contribution < -0.4 is 5.32 Å². The molecule has 1 aromatic heterocycles. The van der Waals surface area contributed by atoms with Crippen molar-refractivity contribution in [1.82, 2.24) is 5.32 Å². The standard InChI is InChI=1S/C13H11Br2NOS/c14-7-9-2-1-3-10(6-9)8-16-13(17)11-4-5-12(15)18-11/h1-6H,7-8H2,(H,16,17). The molecule has 94 valence electrons. The summed E-state index contributed by atoms with van der Waals surface area (Å²) >= 11 is 8.20. The third-order valence-corrected chi connectivity index (χ3v) is 4.67. The molecule has 0 aliphatic rings. The van der Waals surface area contributed by atoms with Crippen molar-refractivity contribution >= 4 is 49.1 Å². The predicted octanol–water partition coefficient (Wildman–Crippen LogP) is 4.34. The zero-order valence-electron chi connectivity index (χ0n) is 9.45. The third-order valence-electron chi connectivity index (χ3n) is 2.40. The van der Waals surface area contributed by atoms with Gasteiger partial charge in [-0.25, -0.2) is 0 Å². The monoisotopic (exact) mass is 387 g/mol. The van der Waals surface area contributed by atoms with Gasteiger partial charge in [0.1, 0.15) is 0 Å². The Kier molecular flexibility index (Phi) is 4.97. The molecule has 2 nitrogen and oxygen atoms in total. The number of nitrogens with one attached hydrogen (secondary N) is 1. The van der Waals surface area contributed by atoms with Crippen LogP contribution in [0.1, 0.15) is 20.8 Å². The highest BCUT2D eigenvalue weighted by Crippen LogP contribution is 2.21. The number of benzene rings is 1. The Morgan fingerprint density at radius 2 is 2.00 bits per heavy atom. The highest BCUT2D eigenvalue weighted by Gasteiger charge is 2.07. The van der Waals surface area contributed by atoms with Crippen LogP contribution in [0.5, 0.6) is 0 Å². The molecule has 1 heterocycles. The topological polar surface area (TPSA) is 29.1 Å². The molecule has 0 bridgehead atoms. The van der Waals surface area contributed by atoms with Gasteiger partial charge in [0.15, 0.2) is 0 Å². The fourth-order valence-corrected chi connectivity index (χ4v) is 3.18. The number of halogens is 2. The van der Waals surface area contributed by atoms with Gasteiger partial charge >= 0.3 is 0 Å². The van der Waals surface area contributed by atoms with Gasteiger partial charge in [-0.15, -0.1) is 11.3 Å². The van der Waals surface area contributed by atoms with Crippen molar-refractivity contribution in [2.45, 2.75) is 11.9 Å². The second-order valence-electron chi connectivity index (χ2n) is 3.74. The summed E-state index contributed by atoms with van der Waals surface area (Å²) in [4.78, 5) is 12.6. The van der Waals surface area contributed by atoms with Crippen LogP contribution in [0.4, 0.5) is 0 Å². The van der Waals surface area contributed by atoms with Crippen molar-refractivity contribution in [1.29, 1.82) is 0 Å². The van der Waals surface area contributed by atoms with Crippen molar-refractivity contribution < 1.29 is 4.79 Å². The largest absolute Gasteiger partial charge is 0.347 e. The predicted molar refractivity (Wildman–Crippen MR) is 82.3 cm³/mol. The number of hydrogen-bond acceptors (Lipinski definition) is 2. The van der Waals surface area contributed by atoms with Gasteiger partial charge < -0.3 is 5.32 Å². The van der Waals surface area contributed by atoms with Gasteiger partial charge in [0, 0.05) is 11.9 Å². The fraction of sp³-hybridized carbons (Fsp3) is 0.154. The van der Waals surface area contributed by atoms with Gasteiger partial charge in [0.05, 0.1) is 8.66 Å². The van der Waals surface area contributed by atoms with E-state index >= 15 is 0 Å². The molecule has 0 saturated heterocycles. The van der Waals surface area contributed by atoms with E-state index in [-0.39, 0.29) is 5.91 Å². The zero-order valence-corrected chi connectivity index (χ0v) is 13.4. The van der Waals surface area contributed by atoms with Crippen molar-refractivity contribution in [3.63, 3.8) is 0 Å². The summed E-state index contributed by atoms with van der Waals surface area (Å²) in [6.45, 7) is 0.551. The van der Waals surface area contributed by atoms with E-state index in [1.165, 1.54) is 16.9 Å². The van der Waals surface area contributed by atoms with E-state index in [2.05, 4.69) is 49.3 Å². The van der Waals surface area contributed by atoms with Crippen LogP contribution >= 0.6 is 43.2 Å². The minimum atomic E-state index is -0.0325. The number of alkyl halides is 1. The van der Waals surface area contributed by atoms with Crippen molar-refractivity contribution in [2.24, 2.45) is 0 Å². The van der Waals surface area contributed by atoms with Gasteiger partial charge in [-0.05, 0) is 39.2 Å². The molecule has 5 heteroatoms. The van der Waals surface area contributed by atoms with Crippen molar-refractivity contribution in [2.75, 3.05) is 0 Å². The number of hydrogen-bond donors (Lipinski definition) is 1. The first-order chi connectivity index (χ1) is 8.69. The molecular weight excluding hydrogens is 378 g/mol. The van der Waals surface area contributed by atoms with E-state index in [9.17, 15) is 4.79 Å². The van der Waals surface area contributed by atoms with E-state index < -0.39 is 0 Å². The third kappa shape index (κ3) is 3.67. The quantitative estimate of drug-likeness (QED) is 0.775. The Labute approximate surface area is 127 Å². The number of carbonyl (C=O) groups excluding carboxylic acids is 1. The Morgan fingerprint density at radius 3 is 2.67 bits per heavy atom. The molecule has 1 aromatic carbocycles. The molecule has 0 spiro atoms. The van der Waals surface area contributed by atoms with Gasteiger partial charge in [-0.3, -0.25) is 4.79 Å². The zero-order chi connectivity index (χ0) is 13.0. The van der Waals surface area contributed by atoms with Crippen LogP contribution in [0.2, 0.25) is 0 Å². The Bertz CT molecular complexity index is 553. The molecule has 2 aromatic rings. The van der Waals surface area contributed by atoms with E-state index in [4.69, 9.17) is 0 Å². The summed E-state index contributed by atoms with van der Waals surface area (Å²) in [5, 5.41) is 3.74.